The molecule has 0 aliphatic carbocycles. The van der Waals surface area contributed by atoms with Gasteiger partial charge in [0.25, 0.3) is 0 Å². The number of rotatable bonds is 4. The predicted molar refractivity (Wildman–Crippen MR) is 68.6 cm³/mol. The molecule has 0 aromatic carbocycles. The molecule has 2 rings (SSSR count). The first-order valence-corrected chi connectivity index (χ1v) is 7.50. The Hall–Kier alpha value is -1.01. The van der Waals surface area contributed by atoms with E-state index in [0.717, 1.165) is 25.9 Å². The van der Waals surface area contributed by atoms with Gasteiger partial charge in [-0.1, -0.05) is 0 Å². The second-order valence-corrected chi connectivity index (χ2v) is 6.57. The highest BCUT2D eigenvalue weighted by atomic mass is 32.2. The summed E-state index contributed by atoms with van der Waals surface area (Å²) >= 11 is 0. The Kier molecular flexibility index (Phi) is 3.73. The Bertz CT molecular complexity index is 435. The molecule has 0 amide bonds. The Labute approximate surface area is 102 Å². The summed E-state index contributed by atoms with van der Waals surface area (Å²) in [5.74, 6) is 0.456. The molecule has 5 nitrogen and oxygen atoms in total. The highest BCUT2D eigenvalue weighted by Gasteiger charge is 2.25. The van der Waals surface area contributed by atoms with E-state index in [1.807, 2.05) is 0 Å². The van der Waals surface area contributed by atoms with Gasteiger partial charge in [0, 0.05) is 19.4 Å². The topological polar surface area (TPSA) is 65.2 Å². The second kappa shape index (κ2) is 5.10. The van der Waals surface area contributed by atoms with E-state index < -0.39 is 10.0 Å². The van der Waals surface area contributed by atoms with Crippen molar-refractivity contribution < 1.29 is 8.42 Å². The van der Waals surface area contributed by atoms with Crippen LogP contribution in [0.1, 0.15) is 12.8 Å². The van der Waals surface area contributed by atoms with Crippen molar-refractivity contribution in [3.63, 3.8) is 0 Å². The highest BCUT2D eigenvalue weighted by molar-refractivity contribution is 7.92. The fraction of sp³-hybridized carbons (Fsp3) is 0.636. The molecule has 1 fully saturated rings. The molecule has 2 N–H and O–H groups in total. The van der Waals surface area contributed by atoms with Crippen LogP contribution in [0.3, 0.4) is 0 Å². The fourth-order valence-electron chi connectivity index (χ4n) is 2.15. The normalized spacial score (nSPS) is 21.4. The number of nitrogens with zero attached hydrogens (tertiary/aromatic N) is 1. The minimum atomic E-state index is -3.21. The van der Waals surface area contributed by atoms with Gasteiger partial charge in [0.05, 0.1) is 11.4 Å². The van der Waals surface area contributed by atoms with E-state index in [9.17, 15) is 8.42 Å². The number of H-pyrrole nitrogens is 1. The average Bonchev–Trinajstić information content (AvgIpc) is 2.82. The summed E-state index contributed by atoms with van der Waals surface area (Å²) in [4.78, 5) is 2.87. The molecule has 1 aromatic heterocycles. The third-order valence-corrected chi connectivity index (χ3v) is 5.15. The van der Waals surface area contributed by atoms with Crippen LogP contribution in [0.15, 0.2) is 18.5 Å². The third kappa shape index (κ3) is 3.01. The predicted octanol–water partition coefficient (Wildman–Crippen LogP) is 0.780. The summed E-state index contributed by atoms with van der Waals surface area (Å²) in [6.07, 6.45) is 5.47. The smallest absolute Gasteiger partial charge is 0.235 e. The summed E-state index contributed by atoms with van der Waals surface area (Å²) in [5, 5.41) is 3.24. The molecular weight excluding hydrogens is 238 g/mol. The van der Waals surface area contributed by atoms with Crippen LogP contribution in [0, 0.1) is 5.92 Å². The van der Waals surface area contributed by atoms with E-state index in [1.54, 1.807) is 25.5 Å². The Balaban J connectivity index is 2.03. The molecule has 2 heterocycles. The molecule has 1 aliphatic rings. The zero-order valence-electron chi connectivity index (χ0n) is 10.0. The van der Waals surface area contributed by atoms with Crippen molar-refractivity contribution in [2.45, 2.75) is 12.8 Å². The fourth-order valence-corrected chi connectivity index (χ4v) is 3.69. The van der Waals surface area contributed by atoms with Crippen molar-refractivity contribution in [3.8, 4) is 0 Å². The molecule has 1 aromatic rings. The SMILES string of the molecule is CN(c1cc[nH]c1)S(=O)(=O)CC1CCCNC1. The van der Waals surface area contributed by atoms with Gasteiger partial charge >= 0.3 is 0 Å². The lowest BCUT2D eigenvalue weighted by molar-refractivity contribution is 0.404. The van der Waals surface area contributed by atoms with E-state index in [1.165, 1.54) is 4.31 Å². The standard InChI is InChI=1S/C11H19N3O2S/c1-14(11-4-6-13-8-11)17(15,16)9-10-3-2-5-12-7-10/h4,6,8,10,12-13H,2-3,5,7,9H2,1H3. The number of aromatic nitrogens is 1. The van der Waals surface area contributed by atoms with Gasteiger partial charge in [0.15, 0.2) is 0 Å². The molecular formula is C11H19N3O2S. The van der Waals surface area contributed by atoms with Crippen LogP contribution in [0.2, 0.25) is 0 Å². The Morgan fingerprint density at radius 2 is 2.35 bits per heavy atom. The lowest BCUT2D eigenvalue weighted by atomic mass is 10.0. The van der Waals surface area contributed by atoms with Crippen LogP contribution in [-0.4, -0.2) is 39.3 Å². The molecule has 0 bridgehead atoms. The van der Waals surface area contributed by atoms with Crippen molar-refractivity contribution in [1.29, 1.82) is 0 Å². The number of aromatic amines is 1. The summed E-state index contributed by atoms with van der Waals surface area (Å²) in [6.45, 7) is 1.81. The van der Waals surface area contributed by atoms with Crippen molar-refractivity contribution in [3.05, 3.63) is 18.5 Å². The number of hydrogen-bond donors (Lipinski definition) is 2. The Morgan fingerprint density at radius 1 is 1.53 bits per heavy atom. The average molecular weight is 257 g/mol. The molecule has 0 saturated carbocycles. The minimum Gasteiger partial charge on any atom is -0.366 e. The number of sulfonamides is 1. The molecule has 1 unspecified atom stereocenters. The van der Waals surface area contributed by atoms with Gasteiger partial charge in [0.1, 0.15) is 0 Å². The summed E-state index contributed by atoms with van der Waals surface area (Å²) < 4.78 is 25.7. The summed E-state index contributed by atoms with van der Waals surface area (Å²) in [5.41, 5.74) is 0.689. The van der Waals surface area contributed by atoms with Gasteiger partial charge in [-0.05, 0) is 37.9 Å². The van der Waals surface area contributed by atoms with Crippen LogP contribution >= 0.6 is 0 Å². The molecule has 96 valence electrons. The van der Waals surface area contributed by atoms with Gasteiger partial charge in [-0.15, -0.1) is 0 Å². The number of hydrogen-bond acceptors (Lipinski definition) is 3. The first-order chi connectivity index (χ1) is 8.09. The van der Waals surface area contributed by atoms with Crippen LogP contribution in [0.25, 0.3) is 0 Å². The summed E-state index contributed by atoms with van der Waals surface area (Å²) in [6, 6.07) is 1.76. The molecule has 17 heavy (non-hydrogen) atoms. The second-order valence-electron chi connectivity index (χ2n) is 4.53. The summed E-state index contributed by atoms with van der Waals surface area (Å²) in [7, 11) is -1.60. The van der Waals surface area contributed by atoms with Crippen LogP contribution < -0.4 is 9.62 Å². The van der Waals surface area contributed by atoms with Crippen LogP contribution in [0.5, 0.6) is 0 Å². The van der Waals surface area contributed by atoms with Gasteiger partial charge in [0.2, 0.25) is 10.0 Å². The van der Waals surface area contributed by atoms with E-state index in [-0.39, 0.29) is 11.7 Å². The van der Waals surface area contributed by atoms with Crippen molar-refractivity contribution in [2.75, 3.05) is 30.2 Å². The molecule has 0 radical (unpaired) electrons. The monoisotopic (exact) mass is 257 g/mol. The van der Waals surface area contributed by atoms with Crippen molar-refractivity contribution in [1.82, 2.24) is 10.3 Å². The third-order valence-electron chi connectivity index (χ3n) is 3.21. The highest BCUT2D eigenvalue weighted by Crippen LogP contribution is 2.19. The van der Waals surface area contributed by atoms with Gasteiger partial charge in [-0.3, -0.25) is 4.31 Å². The minimum absolute atomic E-state index is 0.224. The quantitative estimate of drug-likeness (QED) is 0.838. The number of anilines is 1. The number of nitrogens with one attached hydrogen (secondary N) is 2. The van der Waals surface area contributed by atoms with Gasteiger partial charge < -0.3 is 10.3 Å². The Morgan fingerprint density at radius 3 is 2.94 bits per heavy atom. The van der Waals surface area contributed by atoms with E-state index in [0.29, 0.717) is 5.69 Å². The van der Waals surface area contributed by atoms with E-state index in [4.69, 9.17) is 0 Å². The lowest BCUT2D eigenvalue weighted by Gasteiger charge is -2.25. The van der Waals surface area contributed by atoms with Gasteiger partial charge in [-0.25, -0.2) is 8.42 Å². The van der Waals surface area contributed by atoms with Crippen molar-refractivity contribution >= 4 is 15.7 Å². The van der Waals surface area contributed by atoms with Gasteiger partial charge in [-0.2, -0.15) is 0 Å². The first-order valence-electron chi connectivity index (χ1n) is 5.90. The zero-order valence-corrected chi connectivity index (χ0v) is 10.8. The van der Waals surface area contributed by atoms with Crippen LogP contribution in [0.4, 0.5) is 5.69 Å². The molecule has 0 spiro atoms. The zero-order chi connectivity index (χ0) is 12.3. The lowest BCUT2D eigenvalue weighted by Crippen LogP contribution is -2.38. The largest absolute Gasteiger partial charge is 0.366 e. The van der Waals surface area contributed by atoms with E-state index >= 15 is 0 Å². The molecule has 6 heteroatoms. The van der Waals surface area contributed by atoms with E-state index in [2.05, 4.69) is 10.3 Å². The maximum Gasteiger partial charge on any atom is 0.235 e. The maximum absolute atomic E-state index is 12.2. The molecule has 1 saturated heterocycles. The molecule has 1 atom stereocenters. The first kappa shape index (κ1) is 12.4. The maximum atomic E-state index is 12.2. The van der Waals surface area contributed by atoms with Crippen molar-refractivity contribution in [2.24, 2.45) is 5.92 Å². The molecule has 1 aliphatic heterocycles. The van der Waals surface area contributed by atoms with Crippen LogP contribution in [-0.2, 0) is 10.0 Å². The number of piperidine rings is 1.